The van der Waals surface area contributed by atoms with Crippen LogP contribution < -0.4 is 5.32 Å². The molecule has 0 aromatic carbocycles. The van der Waals surface area contributed by atoms with Crippen molar-refractivity contribution in [3.63, 3.8) is 0 Å². The van der Waals surface area contributed by atoms with Gasteiger partial charge in [0, 0.05) is 6.04 Å². The molecule has 4 nitrogen and oxygen atoms in total. The van der Waals surface area contributed by atoms with Crippen LogP contribution >= 0.6 is 0 Å². The van der Waals surface area contributed by atoms with Gasteiger partial charge in [0.05, 0.1) is 0 Å². The first kappa shape index (κ1) is 18.0. The largest absolute Gasteiger partial charge is 0.340 e. The summed E-state index contributed by atoms with van der Waals surface area (Å²) in [6.07, 6.45) is 4.45. The first-order valence-corrected chi connectivity index (χ1v) is 8.49. The second kappa shape index (κ2) is 7.28. The van der Waals surface area contributed by atoms with Gasteiger partial charge in [0.15, 0.2) is 0 Å². The summed E-state index contributed by atoms with van der Waals surface area (Å²) >= 11 is 0. The molecule has 0 saturated carbocycles. The van der Waals surface area contributed by atoms with Crippen molar-refractivity contribution in [3.05, 3.63) is 0 Å². The summed E-state index contributed by atoms with van der Waals surface area (Å²) in [7, 11) is 0. The number of nitrogens with zero attached hydrogens (tertiary/aromatic N) is 1. The molecule has 122 valence electrons. The molecule has 1 heterocycles. The predicted molar refractivity (Wildman–Crippen MR) is 85.9 cm³/mol. The Labute approximate surface area is 129 Å². The number of rotatable bonds is 7. The topological polar surface area (TPSA) is 49.4 Å². The first-order valence-electron chi connectivity index (χ1n) is 8.49. The molecule has 1 rings (SSSR count). The van der Waals surface area contributed by atoms with E-state index in [2.05, 4.69) is 19.2 Å². The molecule has 1 fully saturated rings. The number of hydrogen-bond acceptors (Lipinski definition) is 2. The number of unbranched alkanes of at least 4 members (excludes halogenated alkanes) is 1. The molecule has 0 spiro atoms. The molecule has 21 heavy (non-hydrogen) atoms. The normalized spacial score (nSPS) is 23.4. The van der Waals surface area contributed by atoms with Gasteiger partial charge in [-0.2, -0.15) is 0 Å². The van der Waals surface area contributed by atoms with Crippen LogP contribution in [0.25, 0.3) is 0 Å². The van der Waals surface area contributed by atoms with E-state index in [1.165, 1.54) is 0 Å². The van der Waals surface area contributed by atoms with Crippen molar-refractivity contribution in [2.75, 3.05) is 0 Å². The Kier molecular flexibility index (Phi) is 6.24. The lowest BCUT2D eigenvalue weighted by Gasteiger charge is -2.49. The molecule has 0 radical (unpaired) electrons. The van der Waals surface area contributed by atoms with E-state index in [4.69, 9.17) is 0 Å². The average Bonchev–Trinajstić information content (AvgIpc) is 2.45. The third-order valence-electron chi connectivity index (χ3n) is 4.86. The van der Waals surface area contributed by atoms with Gasteiger partial charge in [-0.15, -0.1) is 0 Å². The second-order valence-corrected chi connectivity index (χ2v) is 6.67. The van der Waals surface area contributed by atoms with Crippen LogP contribution in [-0.2, 0) is 9.59 Å². The Balaban J connectivity index is 3.14. The summed E-state index contributed by atoms with van der Waals surface area (Å²) < 4.78 is 0. The quantitative estimate of drug-likeness (QED) is 0.785. The molecule has 1 N–H and O–H groups in total. The van der Waals surface area contributed by atoms with Gasteiger partial charge >= 0.3 is 0 Å². The lowest BCUT2D eigenvalue weighted by molar-refractivity contribution is -0.160. The van der Waals surface area contributed by atoms with E-state index >= 15 is 0 Å². The van der Waals surface area contributed by atoms with E-state index in [0.29, 0.717) is 12.8 Å². The molecule has 0 aliphatic carbocycles. The van der Waals surface area contributed by atoms with E-state index < -0.39 is 5.54 Å². The minimum absolute atomic E-state index is 0.0108. The first-order chi connectivity index (χ1) is 9.84. The van der Waals surface area contributed by atoms with Crippen molar-refractivity contribution in [1.29, 1.82) is 0 Å². The van der Waals surface area contributed by atoms with Crippen molar-refractivity contribution < 1.29 is 9.59 Å². The predicted octanol–water partition coefficient (Wildman–Crippen LogP) is 3.11. The van der Waals surface area contributed by atoms with Gasteiger partial charge in [-0.1, -0.05) is 47.5 Å². The van der Waals surface area contributed by atoms with Gasteiger partial charge in [0.25, 0.3) is 0 Å². The SMILES string of the molecule is CCCCC(C)N1C(=O)C(CC)(CC)NC(=O)C1C(C)C. The molecule has 0 aromatic rings. The van der Waals surface area contributed by atoms with Crippen LogP contribution in [-0.4, -0.2) is 34.3 Å². The summed E-state index contributed by atoms with van der Waals surface area (Å²) in [6.45, 7) is 12.2. The third kappa shape index (κ3) is 3.41. The van der Waals surface area contributed by atoms with E-state index in [9.17, 15) is 9.59 Å². The highest BCUT2D eigenvalue weighted by molar-refractivity contribution is 6.00. The molecular weight excluding hydrogens is 264 g/mol. The lowest BCUT2D eigenvalue weighted by atomic mass is 9.83. The summed E-state index contributed by atoms with van der Waals surface area (Å²) in [5, 5.41) is 3.02. The fraction of sp³-hybridized carbons (Fsp3) is 0.882. The molecule has 2 amide bonds. The van der Waals surface area contributed by atoms with Crippen LogP contribution in [0.3, 0.4) is 0 Å². The number of piperazine rings is 1. The highest BCUT2D eigenvalue weighted by atomic mass is 16.2. The lowest BCUT2D eigenvalue weighted by Crippen LogP contribution is -2.72. The summed E-state index contributed by atoms with van der Waals surface area (Å²) in [6, 6.07) is -0.219. The molecule has 2 atom stereocenters. The molecule has 2 unspecified atom stereocenters. The zero-order chi connectivity index (χ0) is 16.2. The standard InChI is InChI=1S/C17H32N2O2/c1-7-10-11-13(6)19-14(12(4)5)15(20)18-17(8-2,9-3)16(19)21/h12-14H,7-11H2,1-6H3,(H,18,20). The summed E-state index contributed by atoms with van der Waals surface area (Å²) in [4.78, 5) is 27.6. The molecule has 0 bridgehead atoms. The number of hydrogen-bond donors (Lipinski definition) is 1. The van der Waals surface area contributed by atoms with Gasteiger partial charge < -0.3 is 10.2 Å². The summed E-state index contributed by atoms with van der Waals surface area (Å²) in [5.41, 5.74) is -0.705. The van der Waals surface area contributed by atoms with Crippen molar-refractivity contribution in [1.82, 2.24) is 10.2 Å². The van der Waals surface area contributed by atoms with E-state index in [1.807, 2.05) is 32.6 Å². The zero-order valence-electron chi connectivity index (χ0n) is 14.5. The van der Waals surface area contributed by atoms with Gasteiger partial charge in [-0.05, 0) is 32.1 Å². The molecule has 1 saturated heterocycles. The van der Waals surface area contributed by atoms with Crippen molar-refractivity contribution in [3.8, 4) is 0 Å². The van der Waals surface area contributed by atoms with Crippen LogP contribution in [0.15, 0.2) is 0 Å². The van der Waals surface area contributed by atoms with E-state index in [0.717, 1.165) is 19.3 Å². The van der Waals surface area contributed by atoms with Gasteiger partial charge in [0.1, 0.15) is 11.6 Å². The van der Waals surface area contributed by atoms with Gasteiger partial charge in [-0.3, -0.25) is 9.59 Å². The monoisotopic (exact) mass is 296 g/mol. The van der Waals surface area contributed by atoms with Crippen LogP contribution in [0.5, 0.6) is 0 Å². The Morgan fingerprint density at radius 3 is 2.14 bits per heavy atom. The Morgan fingerprint density at radius 2 is 1.71 bits per heavy atom. The minimum atomic E-state index is -0.705. The number of carbonyl (C=O) groups excluding carboxylic acids is 2. The Morgan fingerprint density at radius 1 is 1.14 bits per heavy atom. The second-order valence-electron chi connectivity index (χ2n) is 6.67. The molecule has 4 heteroatoms. The van der Waals surface area contributed by atoms with E-state index in [-0.39, 0.29) is 29.8 Å². The minimum Gasteiger partial charge on any atom is -0.340 e. The maximum Gasteiger partial charge on any atom is 0.249 e. The van der Waals surface area contributed by atoms with Gasteiger partial charge in [-0.25, -0.2) is 0 Å². The molecular formula is C17H32N2O2. The zero-order valence-corrected chi connectivity index (χ0v) is 14.5. The fourth-order valence-electron chi connectivity index (χ4n) is 3.33. The number of carbonyl (C=O) groups is 2. The maximum absolute atomic E-state index is 13.1. The molecule has 1 aliphatic heterocycles. The van der Waals surface area contributed by atoms with Crippen LogP contribution in [0.1, 0.15) is 73.6 Å². The van der Waals surface area contributed by atoms with Crippen molar-refractivity contribution in [2.24, 2.45) is 5.92 Å². The summed E-state index contributed by atoms with van der Waals surface area (Å²) in [5.74, 6) is 0.246. The Bertz CT molecular complexity index is 375. The fourth-order valence-corrected chi connectivity index (χ4v) is 3.33. The molecule has 0 aromatic heterocycles. The van der Waals surface area contributed by atoms with Crippen LogP contribution in [0.2, 0.25) is 0 Å². The highest BCUT2D eigenvalue weighted by Crippen LogP contribution is 2.30. The molecule has 1 aliphatic rings. The van der Waals surface area contributed by atoms with Crippen LogP contribution in [0, 0.1) is 5.92 Å². The van der Waals surface area contributed by atoms with Crippen LogP contribution in [0.4, 0.5) is 0 Å². The average molecular weight is 296 g/mol. The third-order valence-corrected chi connectivity index (χ3v) is 4.86. The van der Waals surface area contributed by atoms with Crippen molar-refractivity contribution in [2.45, 2.75) is 91.3 Å². The highest BCUT2D eigenvalue weighted by Gasteiger charge is 2.50. The smallest absolute Gasteiger partial charge is 0.249 e. The number of amides is 2. The van der Waals surface area contributed by atoms with Crippen molar-refractivity contribution >= 4 is 11.8 Å². The maximum atomic E-state index is 13.1. The number of nitrogens with one attached hydrogen (secondary N) is 1. The van der Waals surface area contributed by atoms with Gasteiger partial charge in [0.2, 0.25) is 11.8 Å². The van der Waals surface area contributed by atoms with E-state index in [1.54, 1.807) is 0 Å². The Hall–Kier alpha value is -1.06.